The summed E-state index contributed by atoms with van der Waals surface area (Å²) in [6.07, 6.45) is 11.7. The van der Waals surface area contributed by atoms with Crippen molar-refractivity contribution < 1.29 is 30.7 Å². The molecule has 10 nitrogen and oxygen atoms in total. The van der Waals surface area contributed by atoms with Crippen LogP contribution in [0.5, 0.6) is 0 Å². The van der Waals surface area contributed by atoms with Crippen molar-refractivity contribution in [2.75, 3.05) is 20.6 Å². The molecule has 0 fully saturated rings. The molecule has 0 aliphatic rings. The van der Waals surface area contributed by atoms with Crippen molar-refractivity contribution in [2.45, 2.75) is 13.3 Å². The van der Waals surface area contributed by atoms with Crippen LogP contribution in [0.2, 0.25) is 0 Å². The van der Waals surface area contributed by atoms with Crippen molar-refractivity contribution in [3.8, 4) is 11.8 Å². The molecule has 167 valence electrons. The van der Waals surface area contributed by atoms with Gasteiger partial charge in [0.1, 0.15) is 0 Å². The van der Waals surface area contributed by atoms with Crippen LogP contribution in [0.25, 0.3) is 0 Å². The molecule has 0 aromatic carbocycles. The number of hydrogen-bond acceptors (Lipinski definition) is 5. The molecule has 0 bridgehead atoms. The predicted octanol–water partition coefficient (Wildman–Crippen LogP) is 0.258. The van der Waals surface area contributed by atoms with E-state index in [1.807, 2.05) is 43.7 Å². The third-order valence-corrected chi connectivity index (χ3v) is 3.51. The molecule has 1 radical (unpaired) electrons. The Morgan fingerprint density at radius 2 is 1.39 bits per heavy atom. The van der Waals surface area contributed by atoms with Crippen LogP contribution in [0, 0.1) is 19.3 Å². The van der Waals surface area contributed by atoms with Crippen LogP contribution in [0.1, 0.15) is 13.3 Å². The Bertz CT molecular complexity index is 850. The van der Waals surface area contributed by atoms with Crippen molar-refractivity contribution in [3.63, 3.8) is 0 Å². The van der Waals surface area contributed by atoms with Gasteiger partial charge in [-0.3, -0.25) is 9.59 Å². The normalized spacial score (nSPS) is 9.16. The van der Waals surface area contributed by atoms with Gasteiger partial charge in [0, 0.05) is 51.1 Å². The van der Waals surface area contributed by atoms with Gasteiger partial charge in [-0.2, -0.15) is 0 Å². The van der Waals surface area contributed by atoms with Crippen LogP contribution in [-0.2, 0) is 30.7 Å². The average Bonchev–Trinajstić information content (AvgIpc) is 3.49. The number of amides is 2. The number of carbonyl (C=O) groups is 2. The molecule has 0 unspecified atom stereocenters. The molecule has 0 aliphatic carbocycles. The summed E-state index contributed by atoms with van der Waals surface area (Å²) < 4.78 is 5.38. The van der Waals surface area contributed by atoms with E-state index in [1.165, 1.54) is 4.90 Å². The van der Waals surface area contributed by atoms with Crippen molar-refractivity contribution in [1.82, 2.24) is 39.3 Å². The van der Waals surface area contributed by atoms with E-state index in [2.05, 4.69) is 32.5 Å². The zero-order valence-electron chi connectivity index (χ0n) is 18.0. The summed E-state index contributed by atoms with van der Waals surface area (Å²) >= 11 is 0. The largest absolute Gasteiger partial charge is 2.00 e. The van der Waals surface area contributed by atoms with Crippen molar-refractivity contribution in [1.29, 1.82) is 0 Å². The molecule has 0 aliphatic heterocycles. The second-order valence-corrected chi connectivity index (χ2v) is 6.01. The molecule has 3 heterocycles. The fourth-order valence-corrected chi connectivity index (χ4v) is 2.12. The minimum Gasteiger partial charge on any atom is -0.425 e. The van der Waals surface area contributed by atoms with Gasteiger partial charge in [-0.05, 0) is 43.2 Å². The Labute approximate surface area is 197 Å². The standard InChI is InChI=1S/C9H9BN6.C9H14N2O2.CH3.Pt/c1-4-11-14(7-1)10(15-8-2-5-12-15)16-9-3-6-13-16;1-4-7-10-8(12)5-6-9(13)11(2)3;;/h1-9H;4,7H2,1-3H3,(H,10,12);1H3;/q-1;;-1;+2. The van der Waals surface area contributed by atoms with Crippen LogP contribution in [0.3, 0.4) is 0 Å². The van der Waals surface area contributed by atoms with Crippen molar-refractivity contribution in [2.24, 2.45) is 0 Å². The van der Waals surface area contributed by atoms with Crippen LogP contribution in [0.15, 0.2) is 55.4 Å². The zero-order valence-corrected chi connectivity index (χ0v) is 20.2. The molecule has 0 atom stereocenters. The van der Waals surface area contributed by atoms with Gasteiger partial charge in [-0.15, -0.1) is 0 Å². The Morgan fingerprint density at radius 3 is 1.71 bits per heavy atom. The Morgan fingerprint density at radius 1 is 0.935 bits per heavy atom. The molecule has 3 aromatic rings. The van der Waals surface area contributed by atoms with Gasteiger partial charge in [-0.25, -0.2) is 15.3 Å². The van der Waals surface area contributed by atoms with Gasteiger partial charge in [-0.1, -0.05) is 6.92 Å². The van der Waals surface area contributed by atoms with Gasteiger partial charge in [0.05, 0.1) is 0 Å². The molecular formula is C19H26BN8O2Pt. The van der Waals surface area contributed by atoms with Gasteiger partial charge in [0.15, 0.2) is 0 Å². The van der Waals surface area contributed by atoms with E-state index in [0.29, 0.717) is 6.54 Å². The smallest absolute Gasteiger partial charge is 0.425 e. The van der Waals surface area contributed by atoms with E-state index in [0.717, 1.165) is 6.42 Å². The van der Waals surface area contributed by atoms with Crippen LogP contribution < -0.4 is 5.32 Å². The van der Waals surface area contributed by atoms with Gasteiger partial charge in [0.25, 0.3) is 18.9 Å². The number of carbonyl (C=O) groups excluding carboxylic acids is 2. The monoisotopic (exact) mass is 604 g/mol. The summed E-state index contributed by atoms with van der Waals surface area (Å²) in [6, 6.07) is 5.62. The minimum atomic E-state index is -0.406. The number of hydrogen-bond donors (Lipinski definition) is 1. The first-order chi connectivity index (χ1) is 14.0. The molecule has 31 heavy (non-hydrogen) atoms. The molecule has 1 N–H and O–H groups in total. The molecular weight excluding hydrogens is 578 g/mol. The Hall–Kier alpha value is -3.12. The summed E-state index contributed by atoms with van der Waals surface area (Å²) in [5, 5.41) is 15.2. The second kappa shape index (κ2) is 14.8. The Balaban J connectivity index is 0.000000560. The molecule has 12 heteroatoms. The van der Waals surface area contributed by atoms with Crippen LogP contribution in [-0.4, -0.2) is 73.5 Å². The zero-order chi connectivity index (χ0) is 21.1. The fraction of sp³-hybridized carbons (Fsp3) is 0.263. The third-order valence-electron chi connectivity index (χ3n) is 3.51. The van der Waals surface area contributed by atoms with Crippen LogP contribution in [0.4, 0.5) is 0 Å². The van der Waals surface area contributed by atoms with Gasteiger partial charge < -0.3 is 31.4 Å². The summed E-state index contributed by atoms with van der Waals surface area (Å²) in [4.78, 5) is 23.1. The summed E-state index contributed by atoms with van der Waals surface area (Å²) in [7, 11) is 2.97. The SMILES string of the molecule is CCCNC(=O)C#CC(=O)N(C)C.[CH3-].[Pt+2].c1cnn([B-](n2cccn2)n2cccn2)c1. The van der Waals surface area contributed by atoms with E-state index < -0.39 is 5.91 Å². The summed E-state index contributed by atoms with van der Waals surface area (Å²) in [5.41, 5.74) is 0. The number of nitrogens with one attached hydrogen (secondary N) is 1. The quantitative estimate of drug-likeness (QED) is 0.256. The Kier molecular flexibility index (Phi) is 13.3. The van der Waals surface area contributed by atoms with Crippen LogP contribution >= 0.6 is 0 Å². The topological polar surface area (TPSA) is 103 Å². The number of rotatable bonds is 5. The van der Waals surface area contributed by atoms with Crippen molar-refractivity contribution >= 4 is 18.9 Å². The molecule has 3 aromatic heterocycles. The first-order valence-electron chi connectivity index (χ1n) is 9.01. The predicted molar refractivity (Wildman–Crippen MR) is 115 cm³/mol. The van der Waals surface area contributed by atoms with E-state index in [9.17, 15) is 9.59 Å². The molecule has 0 saturated carbocycles. The molecule has 0 saturated heterocycles. The van der Waals surface area contributed by atoms with E-state index >= 15 is 0 Å². The molecule has 0 spiro atoms. The second-order valence-electron chi connectivity index (χ2n) is 6.01. The maximum Gasteiger partial charge on any atom is 2.00 e. The summed E-state index contributed by atoms with van der Waals surface area (Å²) in [6.45, 7) is 2.53. The average molecular weight is 604 g/mol. The van der Waals surface area contributed by atoms with Crippen molar-refractivity contribution in [3.05, 3.63) is 62.8 Å². The minimum absolute atomic E-state index is 0. The van der Waals surface area contributed by atoms with E-state index in [-0.39, 0.29) is 41.5 Å². The number of aromatic nitrogens is 6. The number of nitrogens with zero attached hydrogens (tertiary/aromatic N) is 7. The summed E-state index contributed by atoms with van der Waals surface area (Å²) in [5.74, 6) is 3.65. The molecule has 3 rings (SSSR count). The molecule has 2 amide bonds. The maximum absolute atomic E-state index is 10.9. The van der Waals surface area contributed by atoms with E-state index in [1.54, 1.807) is 46.5 Å². The van der Waals surface area contributed by atoms with Gasteiger partial charge >= 0.3 is 21.1 Å². The first kappa shape index (κ1) is 27.9. The third kappa shape index (κ3) is 9.05. The first-order valence-corrected chi connectivity index (χ1v) is 9.01. The fourth-order valence-electron chi connectivity index (χ4n) is 2.12. The van der Waals surface area contributed by atoms with E-state index in [4.69, 9.17) is 0 Å². The maximum atomic E-state index is 10.9. The van der Waals surface area contributed by atoms with Gasteiger partial charge in [0.2, 0.25) is 0 Å².